The monoisotopic (exact) mass is 368 g/mol. The van der Waals surface area contributed by atoms with Gasteiger partial charge < -0.3 is 10.1 Å². The van der Waals surface area contributed by atoms with E-state index in [1.807, 2.05) is 6.92 Å². The standard InChI is InChI=1S/C19H20N4O2S/c1-3-4-6-16-22-13(2)17(26-16)18(24)23-14-7-9-15(10-8-14)25-19-20-11-5-12-21-19/h5,7-12H,3-4,6H2,1-2H3,(H,23,24). The van der Waals surface area contributed by atoms with Gasteiger partial charge in [0.15, 0.2) is 0 Å². The molecule has 0 spiro atoms. The molecule has 0 aliphatic carbocycles. The van der Waals surface area contributed by atoms with Gasteiger partial charge in [0.05, 0.1) is 10.7 Å². The van der Waals surface area contributed by atoms with Gasteiger partial charge in [-0.2, -0.15) is 0 Å². The molecule has 0 atom stereocenters. The predicted octanol–water partition coefficient (Wildman–Crippen LogP) is 4.63. The number of amides is 1. The van der Waals surface area contributed by atoms with E-state index in [4.69, 9.17) is 4.74 Å². The molecule has 7 heteroatoms. The molecule has 0 radical (unpaired) electrons. The Labute approximate surface area is 156 Å². The smallest absolute Gasteiger partial charge is 0.321 e. The van der Waals surface area contributed by atoms with E-state index in [1.54, 1.807) is 42.7 Å². The lowest BCUT2D eigenvalue weighted by atomic mass is 10.2. The van der Waals surface area contributed by atoms with Crippen LogP contribution in [0.15, 0.2) is 42.7 Å². The summed E-state index contributed by atoms with van der Waals surface area (Å²) in [6, 6.07) is 9.09. The Morgan fingerprint density at radius 3 is 2.62 bits per heavy atom. The molecule has 134 valence electrons. The first-order chi connectivity index (χ1) is 12.7. The molecule has 1 N–H and O–H groups in total. The van der Waals surface area contributed by atoms with E-state index in [1.165, 1.54) is 11.3 Å². The summed E-state index contributed by atoms with van der Waals surface area (Å²) in [5, 5.41) is 3.92. The minimum Gasteiger partial charge on any atom is -0.424 e. The van der Waals surface area contributed by atoms with E-state index in [2.05, 4.69) is 27.2 Å². The largest absolute Gasteiger partial charge is 0.424 e. The second kappa shape index (κ2) is 8.53. The number of thiazole rings is 1. The molecule has 2 heterocycles. The summed E-state index contributed by atoms with van der Waals surface area (Å²) in [4.78, 5) is 25.7. The van der Waals surface area contributed by atoms with Crippen LogP contribution in [0.2, 0.25) is 0 Å². The molecular formula is C19H20N4O2S. The normalized spacial score (nSPS) is 10.5. The summed E-state index contributed by atoms with van der Waals surface area (Å²) in [6.45, 7) is 4.02. The highest BCUT2D eigenvalue weighted by molar-refractivity contribution is 7.13. The van der Waals surface area contributed by atoms with Gasteiger partial charge in [0.2, 0.25) is 0 Å². The van der Waals surface area contributed by atoms with Crippen molar-refractivity contribution in [2.75, 3.05) is 5.32 Å². The zero-order chi connectivity index (χ0) is 18.4. The van der Waals surface area contributed by atoms with Crippen molar-refractivity contribution in [2.24, 2.45) is 0 Å². The van der Waals surface area contributed by atoms with Crippen LogP contribution in [0, 0.1) is 6.92 Å². The van der Waals surface area contributed by atoms with Crippen LogP contribution < -0.4 is 10.1 Å². The summed E-state index contributed by atoms with van der Waals surface area (Å²) in [6.07, 6.45) is 6.35. The van der Waals surface area contributed by atoms with Crippen molar-refractivity contribution in [2.45, 2.75) is 33.1 Å². The highest BCUT2D eigenvalue weighted by Gasteiger charge is 2.15. The average molecular weight is 368 g/mol. The summed E-state index contributed by atoms with van der Waals surface area (Å²) >= 11 is 1.47. The number of aryl methyl sites for hydroxylation is 2. The molecule has 0 aliphatic rings. The van der Waals surface area contributed by atoms with Crippen LogP contribution in [0.25, 0.3) is 0 Å². The summed E-state index contributed by atoms with van der Waals surface area (Å²) < 4.78 is 5.54. The molecule has 0 saturated carbocycles. The van der Waals surface area contributed by atoms with Crippen molar-refractivity contribution in [3.8, 4) is 11.8 Å². The molecule has 26 heavy (non-hydrogen) atoms. The fourth-order valence-corrected chi connectivity index (χ4v) is 3.34. The van der Waals surface area contributed by atoms with Gasteiger partial charge in [0, 0.05) is 18.1 Å². The van der Waals surface area contributed by atoms with Crippen molar-refractivity contribution in [3.63, 3.8) is 0 Å². The van der Waals surface area contributed by atoms with Crippen LogP contribution in [0.5, 0.6) is 11.8 Å². The Kier molecular flexibility index (Phi) is 5.91. The van der Waals surface area contributed by atoms with Gasteiger partial charge in [0.25, 0.3) is 5.91 Å². The summed E-state index contributed by atoms with van der Waals surface area (Å²) in [5.74, 6) is 0.466. The maximum Gasteiger partial charge on any atom is 0.321 e. The SMILES string of the molecule is CCCCc1nc(C)c(C(=O)Nc2ccc(Oc3ncccn3)cc2)s1. The number of hydrogen-bond acceptors (Lipinski definition) is 6. The Morgan fingerprint density at radius 1 is 1.19 bits per heavy atom. The first kappa shape index (κ1) is 18.0. The number of hydrogen-bond donors (Lipinski definition) is 1. The molecule has 0 aliphatic heterocycles. The minimum atomic E-state index is -0.136. The van der Waals surface area contributed by atoms with Crippen LogP contribution in [0.1, 0.15) is 40.1 Å². The number of aromatic nitrogens is 3. The third kappa shape index (κ3) is 4.64. The van der Waals surface area contributed by atoms with Gasteiger partial charge in [-0.25, -0.2) is 15.0 Å². The zero-order valence-corrected chi connectivity index (χ0v) is 15.5. The van der Waals surface area contributed by atoms with Crippen molar-refractivity contribution in [1.29, 1.82) is 0 Å². The molecular weight excluding hydrogens is 348 g/mol. The van der Waals surface area contributed by atoms with Crippen LogP contribution in [0.4, 0.5) is 5.69 Å². The molecule has 2 aromatic heterocycles. The lowest BCUT2D eigenvalue weighted by Crippen LogP contribution is -2.11. The number of carbonyl (C=O) groups excluding carboxylic acids is 1. The number of ether oxygens (including phenoxy) is 1. The summed E-state index contributed by atoms with van der Waals surface area (Å²) in [7, 11) is 0. The molecule has 0 saturated heterocycles. The third-order valence-electron chi connectivity index (χ3n) is 3.65. The minimum absolute atomic E-state index is 0.136. The number of carbonyl (C=O) groups is 1. The fourth-order valence-electron chi connectivity index (χ4n) is 2.34. The van der Waals surface area contributed by atoms with E-state index >= 15 is 0 Å². The van der Waals surface area contributed by atoms with Gasteiger partial charge >= 0.3 is 6.01 Å². The van der Waals surface area contributed by atoms with Crippen molar-refractivity contribution in [1.82, 2.24) is 15.0 Å². The Hall–Kier alpha value is -2.80. The van der Waals surface area contributed by atoms with E-state index in [0.717, 1.165) is 30.0 Å². The Balaban J connectivity index is 1.63. The van der Waals surface area contributed by atoms with Crippen molar-refractivity contribution in [3.05, 3.63) is 58.3 Å². The number of nitrogens with zero attached hydrogens (tertiary/aromatic N) is 3. The average Bonchev–Trinajstić information content (AvgIpc) is 3.03. The highest BCUT2D eigenvalue weighted by atomic mass is 32.1. The number of rotatable bonds is 7. The number of unbranched alkanes of at least 4 members (excludes halogenated alkanes) is 1. The van der Waals surface area contributed by atoms with Crippen molar-refractivity contribution < 1.29 is 9.53 Å². The van der Waals surface area contributed by atoms with Crippen LogP contribution in [-0.2, 0) is 6.42 Å². The lowest BCUT2D eigenvalue weighted by Gasteiger charge is -2.06. The zero-order valence-electron chi connectivity index (χ0n) is 14.7. The fraction of sp³-hybridized carbons (Fsp3) is 0.263. The molecule has 0 unspecified atom stereocenters. The quantitative estimate of drug-likeness (QED) is 0.658. The molecule has 6 nitrogen and oxygen atoms in total. The second-order valence-corrected chi connectivity index (χ2v) is 6.82. The topological polar surface area (TPSA) is 77.0 Å². The highest BCUT2D eigenvalue weighted by Crippen LogP contribution is 2.23. The second-order valence-electron chi connectivity index (χ2n) is 5.74. The van der Waals surface area contributed by atoms with Gasteiger partial charge in [0.1, 0.15) is 10.6 Å². The van der Waals surface area contributed by atoms with E-state index in [9.17, 15) is 4.79 Å². The van der Waals surface area contributed by atoms with E-state index < -0.39 is 0 Å². The van der Waals surface area contributed by atoms with Gasteiger partial charge in [-0.15, -0.1) is 11.3 Å². The molecule has 0 bridgehead atoms. The van der Waals surface area contributed by atoms with E-state index in [-0.39, 0.29) is 11.9 Å². The Morgan fingerprint density at radius 2 is 1.92 bits per heavy atom. The number of anilines is 1. The van der Waals surface area contributed by atoms with Crippen LogP contribution in [0.3, 0.4) is 0 Å². The Bertz CT molecular complexity index is 863. The van der Waals surface area contributed by atoms with Crippen molar-refractivity contribution >= 4 is 22.9 Å². The lowest BCUT2D eigenvalue weighted by molar-refractivity contribution is 0.103. The number of nitrogens with one attached hydrogen (secondary N) is 1. The van der Waals surface area contributed by atoms with E-state index in [0.29, 0.717) is 16.3 Å². The predicted molar refractivity (Wildman–Crippen MR) is 102 cm³/mol. The third-order valence-corrected chi connectivity index (χ3v) is 4.87. The van der Waals surface area contributed by atoms with Gasteiger partial charge in [-0.05, 0) is 50.1 Å². The molecule has 1 amide bonds. The molecule has 1 aromatic carbocycles. The van der Waals surface area contributed by atoms with Gasteiger partial charge in [-0.1, -0.05) is 13.3 Å². The molecule has 3 rings (SSSR count). The maximum absolute atomic E-state index is 12.5. The molecule has 3 aromatic rings. The van der Waals surface area contributed by atoms with Crippen LogP contribution >= 0.6 is 11.3 Å². The van der Waals surface area contributed by atoms with Crippen LogP contribution in [-0.4, -0.2) is 20.9 Å². The first-order valence-electron chi connectivity index (χ1n) is 8.48. The molecule has 0 fully saturated rings. The maximum atomic E-state index is 12.5. The summed E-state index contributed by atoms with van der Waals surface area (Å²) in [5.41, 5.74) is 1.47. The number of benzene rings is 1. The van der Waals surface area contributed by atoms with Gasteiger partial charge in [-0.3, -0.25) is 4.79 Å². The first-order valence-corrected chi connectivity index (χ1v) is 9.30.